The van der Waals surface area contributed by atoms with E-state index in [1.807, 2.05) is 43.3 Å². The van der Waals surface area contributed by atoms with Gasteiger partial charge in [0.15, 0.2) is 0 Å². The molecule has 0 saturated heterocycles. The number of rotatable bonds is 3. The van der Waals surface area contributed by atoms with Crippen LogP contribution in [-0.4, -0.2) is 10.9 Å². The van der Waals surface area contributed by atoms with Gasteiger partial charge < -0.3 is 5.32 Å². The Morgan fingerprint density at radius 3 is 2.82 bits per heavy atom. The molecule has 0 unspecified atom stereocenters. The van der Waals surface area contributed by atoms with Crippen LogP contribution in [0, 0.1) is 6.92 Å². The Labute approximate surface area is 141 Å². The number of para-hydroxylation sites is 1. The lowest BCUT2D eigenvalue weighted by Gasteiger charge is -2.08. The number of pyridine rings is 1. The molecule has 1 aromatic carbocycles. The van der Waals surface area contributed by atoms with E-state index >= 15 is 0 Å². The maximum atomic E-state index is 12.5. The summed E-state index contributed by atoms with van der Waals surface area (Å²) in [5.41, 5.74) is 2.57. The maximum absolute atomic E-state index is 12.5. The third-order valence-electron chi connectivity index (χ3n) is 3.39. The predicted octanol–water partition coefficient (Wildman–Crippen LogP) is 5.18. The Hall–Kier alpha value is -1.72. The van der Waals surface area contributed by atoms with E-state index in [0.29, 0.717) is 4.88 Å². The van der Waals surface area contributed by atoms with Crippen LogP contribution in [0.1, 0.15) is 27.2 Å². The van der Waals surface area contributed by atoms with Crippen molar-refractivity contribution >= 4 is 49.8 Å². The van der Waals surface area contributed by atoms with Crippen LogP contribution in [0.3, 0.4) is 0 Å². The lowest BCUT2D eigenvalue weighted by Crippen LogP contribution is -2.11. The molecule has 22 heavy (non-hydrogen) atoms. The average molecular weight is 375 g/mol. The van der Waals surface area contributed by atoms with Gasteiger partial charge in [-0.3, -0.25) is 9.78 Å². The minimum atomic E-state index is -0.0823. The quantitative estimate of drug-likeness (QED) is 0.685. The van der Waals surface area contributed by atoms with Crippen LogP contribution in [0.2, 0.25) is 0 Å². The molecule has 0 aliphatic rings. The average Bonchev–Trinajstić information content (AvgIpc) is 2.88. The first-order valence-corrected chi connectivity index (χ1v) is 8.65. The molecular formula is C17H15BrN2OS. The smallest absolute Gasteiger partial charge is 0.265 e. The topological polar surface area (TPSA) is 42.0 Å². The van der Waals surface area contributed by atoms with Gasteiger partial charge in [0, 0.05) is 20.4 Å². The summed E-state index contributed by atoms with van der Waals surface area (Å²) in [6.07, 6.45) is 0.913. The normalized spacial score (nSPS) is 10.9. The van der Waals surface area contributed by atoms with Crippen molar-refractivity contribution < 1.29 is 4.79 Å². The molecule has 2 aromatic heterocycles. The first kappa shape index (κ1) is 15.2. The highest BCUT2D eigenvalue weighted by molar-refractivity contribution is 9.10. The summed E-state index contributed by atoms with van der Waals surface area (Å²) in [6.45, 7) is 4.01. The SMILES string of the molecule is CCc1sc(C(=O)Nc2cc(C)nc3ccccc23)cc1Br. The van der Waals surface area contributed by atoms with Crippen molar-refractivity contribution in [2.75, 3.05) is 5.32 Å². The Bertz CT molecular complexity index is 857. The highest BCUT2D eigenvalue weighted by atomic mass is 79.9. The molecule has 0 fully saturated rings. The lowest BCUT2D eigenvalue weighted by molar-refractivity contribution is 0.103. The van der Waals surface area contributed by atoms with Crippen LogP contribution in [-0.2, 0) is 6.42 Å². The van der Waals surface area contributed by atoms with Crippen molar-refractivity contribution in [2.45, 2.75) is 20.3 Å². The zero-order valence-corrected chi connectivity index (χ0v) is 14.7. The third-order valence-corrected chi connectivity index (χ3v) is 5.64. The lowest BCUT2D eigenvalue weighted by atomic mass is 10.1. The summed E-state index contributed by atoms with van der Waals surface area (Å²) in [7, 11) is 0. The highest BCUT2D eigenvalue weighted by Crippen LogP contribution is 2.29. The fourth-order valence-electron chi connectivity index (χ4n) is 2.35. The largest absolute Gasteiger partial charge is 0.321 e. The van der Waals surface area contributed by atoms with Gasteiger partial charge in [0.1, 0.15) is 0 Å². The molecule has 0 spiro atoms. The Balaban J connectivity index is 1.97. The van der Waals surface area contributed by atoms with E-state index in [1.165, 1.54) is 16.2 Å². The number of hydrogen-bond donors (Lipinski definition) is 1. The Morgan fingerprint density at radius 2 is 2.09 bits per heavy atom. The number of aryl methyl sites for hydroxylation is 2. The van der Waals surface area contributed by atoms with Crippen LogP contribution in [0.5, 0.6) is 0 Å². The number of nitrogens with zero attached hydrogens (tertiary/aromatic N) is 1. The van der Waals surface area contributed by atoms with Crippen molar-refractivity contribution in [3.63, 3.8) is 0 Å². The number of anilines is 1. The minimum absolute atomic E-state index is 0.0823. The van der Waals surface area contributed by atoms with Crippen molar-refractivity contribution in [2.24, 2.45) is 0 Å². The minimum Gasteiger partial charge on any atom is -0.321 e. The third kappa shape index (κ3) is 2.91. The van der Waals surface area contributed by atoms with Crippen LogP contribution < -0.4 is 5.32 Å². The van der Waals surface area contributed by atoms with Gasteiger partial charge in [0.2, 0.25) is 0 Å². The van der Waals surface area contributed by atoms with E-state index in [4.69, 9.17) is 0 Å². The number of thiophene rings is 1. The zero-order valence-electron chi connectivity index (χ0n) is 12.3. The number of fused-ring (bicyclic) bond motifs is 1. The zero-order chi connectivity index (χ0) is 15.7. The summed E-state index contributed by atoms with van der Waals surface area (Å²) in [6, 6.07) is 11.6. The molecule has 1 amide bonds. The van der Waals surface area contributed by atoms with E-state index in [2.05, 4.69) is 33.2 Å². The molecule has 3 aromatic rings. The summed E-state index contributed by atoms with van der Waals surface area (Å²) in [4.78, 5) is 18.9. The molecule has 0 bridgehead atoms. The molecule has 1 N–H and O–H groups in total. The number of halogens is 1. The van der Waals surface area contributed by atoms with E-state index < -0.39 is 0 Å². The van der Waals surface area contributed by atoms with Gasteiger partial charge in [-0.2, -0.15) is 0 Å². The summed E-state index contributed by atoms with van der Waals surface area (Å²) >= 11 is 5.02. The van der Waals surface area contributed by atoms with Crippen molar-refractivity contribution in [3.05, 3.63) is 56.3 Å². The number of aromatic nitrogens is 1. The van der Waals surface area contributed by atoms with Crippen LogP contribution in [0.15, 0.2) is 40.9 Å². The van der Waals surface area contributed by atoms with Gasteiger partial charge in [0.25, 0.3) is 5.91 Å². The molecule has 5 heteroatoms. The first-order chi connectivity index (χ1) is 10.6. The number of benzene rings is 1. The molecule has 3 nitrogen and oxygen atoms in total. The molecule has 112 valence electrons. The Morgan fingerprint density at radius 1 is 1.32 bits per heavy atom. The van der Waals surface area contributed by atoms with Crippen LogP contribution >= 0.6 is 27.3 Å². The number of nitrogens with one attached hydrogen (secondary N) is 1. The second-order valence-electron chi connectivity index (χ2n) is 5.02. The predicted molar refractivity (Wildman–Crippen MR) is 95.8 cm³/mol. The number of carbonyl (C=O) groups is 1. The van der Waals surface area contributed by atoms with E-state index in [9.17, 15) is 4.79 Å². The van der Waals surface area contributed by atoms with Gasteiger partial charge in [-0.1, -0.05) is 25.1 Å². The van der Waals surface area contributed by atoms with Crippen molar-refractivity contribution in [1.82, 2.24) is 4.98 Å². The van der Waals surface area contributed by atoms with Gasteiger partial charge >= 0.3 is 0 Å². The van der Waals surface area contributed by atoms with E-state index in [0.717, 1.165) is 33.2 Å². The van der Waals surface area contributed by atoms with Crippen LogP contribution in [0.4, 0.5) is 5.69 Å². The van der Waals surface area contributed by atoms with Gasteiger partial charge in [-0.05, 0) is 47.5 Å². The van der Waals surface area contributed by atoms with Crippen molar-refractivity contribution in [1.29, 1.82) is 0 Å². The first-order valence-electron chi connectivity index (χ1n) is 7.04. The second-order valence-corrected chi connectivity index (χ2v) is 7.01. The molecule has 3 rings (SSSR count). The molecule has 0 atom stereocenters. The number of carbonyl (C=O) groups excluding carboxylic acids is 1. The summed E-state index contributed by atoms with van der Waals surface area (Å²) < 4.78 is 1.00. The number of hydrogen-bond acceptors (Lipinski definition) is 3. The second kappa shape index (κ2) is 6.18. The van der Waals surface area contributed by atoms with Crippen molar-refractivity contribution in [3.8, 4) is 0 Å². The molecular weight excluding hydrogens is 360 g/mol. The number of amides is 1. The highest BCUT2D eigenvalue weighted by Gasteiger charge is 2.14. The van der Waals surface area contributed by atoms with Gasteiger partial charge in [0.05, 0.1) is 16.1 Å². The Kier molecular flexibility index (Phi) is 4.27. The molecule has 0 saturated carbocycles. The fourth-order valence-corrected chi connectivity index (χ4v) is 4.14. The standard InChI is InChI=1S/C17H15BrN2OS/c1-3-15-12(18)9-16(22-15)17(21)20-14-8-10(2)19-13-7-5-4-6-11(13)14/h4-9H,3H2,1-2H3,(H,19,20,21). The fraction of sp³-hybridized carbons (Fsp3) is 0.176. The van der Waals surface area contributed by atoms with Gasteiger partial charge in [-0.25, -0.2) is 0 Å². The molecule has 2 heterocycles. The summed E-state index contributed by atoms with van der Waals surface area (Å²) in [5.74, 6) is -0.0823. The van der Waals surface area contributed by atoms with E-state index in [1.54, 1.807) is 0 Å². The molecule has 0 aliphatic carbocycles. The summed E-state index contributed by atoms with van der Waals surface area (Å²) in [5, 5.41) is 3.97. The van der Waals surface area contributed by atoms with Crippen LogP contribution in [0.25, 0.3) is 10.9 Å². The monoisotopic (exact) mass is 374 g/mol. The van der Waals surface area contributed by atoms with Gasteiger partial charge in [-0.15, -0.1) is 11.3 Å². The maximum Gasteiger partial charge on any atom is 0.265 e. The van der Waals surface area contributed by atoms with E-state index in [-0.39, 0.29) is 5.91 Å². The molecule has 0 radical (unpaired) electrons. The molecule has 0 aliphatic heterocycles.